The first kappa shape index (κ1) is 12.4. The molecule has 3 rings (SSSR count). The molecule has 0 amide bonds. The van der Waals surface area contributed by atoms with Gasteiger partial charge in [-0.3, -0.25) is 4.40 Å². The Bertz CT molecular complexity index is 744. The molecule has 4 nitrogen and oxygen atoms in total. The van der Waals surface area contributed by atoms with Crippen LogP contribution in [-0.4, -0.2) is 14.6 Å². The molecule has 2 heterocycles. The van der Waals surface area contributed by atoms with Gasteiger partial charge in [-0.1, -0.05) is 25.4 Å². The van der Waals surface area contributed by atoms with Gasteiger partial charge in [0.1, 0.15) is 0 Å². The van der Waals surface area contributed by atoms with E-state index in [-0.39, 0.29) is 0 Å². The lowest BCUT2D eigenvalue weighted by Crippen LogP contribution is -1.97. The molecule has 2 aromatic heterocycles. The predicted octanol–water partition coefficient (Wildman–Crippen LogP) is 3.82. The van der Waals surface area contributed by atoms with Crippen molar-refractivity contribution >= 4 is 33.6 Å². The van der Waals surface area contributed by atoms with E-state index in [2.05, 4.69) is 33.8 Å². The molecule has 6 heteroatoms. The van der Waals surface area contributed by atoms with Gasteiger partial charge >= 0.3 is 0 Å². The van der Waals surface area contributed by atoms with Crippen molar-refractivity contribution < 1.29 is 0 Å². The molecule has 1 aromatic carbocycles. The van der Waals surface area contributed by atoms with Gasteiger partial charge in [-0.05, 0) is 24.1 Å². The Labute approximate surface area is 119 Å². The zero-order valence-electron chi connectivity index (χ0n) is 10.6. The molecule has 0 saturated heterocycles. The molecule has 3 aromatic rings. The van der Waals surface area contributed by atoms with E-state index in [0.29, 0.717) is 16.6 Å². The van der Waals surface area contributed by atoms with Crippen molar-refractivity contribution in [2.45, 2.75) is 19.8 Å². The van der Waals surface area contributed by atoms with E-state index in [0.717, 1.165) is 16.3 Å². The molecule has 0 fully saturated rings. The largest absolute Gasteiger partial charge is 0.399 e. The van der Waals surface area contributed by atoms with Crippen molar-refractivity contribution in [3.63, 3.8) is 0 Å². The van der Waals surface area contributed by atoms with Gasteiger partial charge in [0, 0.05) is 22.3 Å². The molecule has 0 radical (unpaired) electrons. The SMILES string of the molecule is CC(C)c1csc2nnc(-c3cc(N)ccc3Cl)n12. The maximum Gasteiger partial charge on any atom is 0.216 e. The summed E-state index contributed by atoms with van der Waals surface area (Å²) in [7, 11) is 0. The normalized spacial score (nSPS) is 11.6. The number of nitrogen functional groups attached to an aromatic ring is 1. The lowest BCUT2D eigenvalue weighted by Gasteiger charge is -2.07. The first-order valence-electron chi connectivity index (χ1n) is 5.96. The van der Waals surface area contributed by atoms with Crippen LogP contribution in [0.4, 0.5) is 5.69 Å². The smallest absolute Gasteiger partial charge is 0.216 e. The van der Waals surface area contributed by atoms with Crippen LogP contribution in [-0.2, 0) is 0 Å². The fraction of sp³-hybridized carbons (Fsp3) is 0.231. The molecular weight excluding hydrogens is 280 g/mol. The Kier molecular flexibility index (Phi) is 2.95. The van der Waals surface area contributed by atoms with Crippen LogP contribution in [0.15, 0.2) is 23.6 Å². The first-order valence-corrected chi connectivity index (χ1v) is 7.21. The third-order valence-corrected chi connectivity index (χ3v) is 4.16. The van der Waals surface area contributed by atoms with Crippen LogP contribution in [0.2, 0.25) is 5.02 Å². The van der Waals surface area contributed by atoms with E-state index in [9.17, 15) is 0 Å². The fourth-order valence-electron chi connectivity index (χ4n) is 2.03. The zero-order valence-corrected chi connectivity index (χ0v) is 12.2. The summed E-state index contributed by atoms with van der Waals surface area (Å²) in [6, 6.07) is 5.40. The number of benzene rings is 1. The highest BCUT2D eigenvalue weighted by Gasteiger charge is 2.17. The Morgan fingerprint density at radius 1 is 1.32 bits per heavy atom. The van der Waals surface area contributed by atoms with Crippen molar-refractivity contribution in [3.8, 4) is 11.4 Å². The summed E-state index contributed by atoms with van der Waals surface area (Å²) >= 11 is 7.84. The highest BCUT2D eigenvalue weighted by atomic mass is 35.5. The van der Waals surface area contributed by atoms with E-state index in [1.54, 1.807) is 23.5 Å². The van der Waals surface area contributed by atoms with Crippen LogP contribution < -0.4 is 5.73 Å². The summed E-state index contributed by atoms with van der Waals surface area (Å²) in [5.41, 5.74) is 8.50. The quantitative estimate of drug-likeness (QED) is 0.731. The fourth-order valence-corrected chi connectivity index (χ4v) is 3.22. The van der Waals surface area contributed by atoms with Gasteiger partial charge in [-0.15, -0.1) is 21.5 Å². The topological polar surface area (TPSA) is 56.2 Å². The summed E-state index contributed by atoms with van der Waals surface area (Å²) in [6.07, 6.45) is 0. The number of aromatic nitrogens is 3. The summed E-state index contributed by atoms with van der Waals surface area (Å²) in [5.74, 6) is 1.14. The molecular formula is C13H13ClN4S. The van der Waals surface area contributed by atoms with Crippen LogP contribution in [0.5, 0.6) is 0 Å². The molecule has 0 aliphatic rings. The van der Waals surface area contributed by atoms with Crippen molar-refractivity contribution in [2.24, 2.45) is 0 Å². The van der Waals surface area contributed by atoms with E-state index in [4.69, 9.17) is 17.3 Å². The van der Waals surface area contributed by atoms with Gasteiger partial charge in [-0.2, -0.15) is 0 Å². The van der Waals surface area contributed by atoms with Crippen molar-refractivity contribution in [1.29, 1.82) is 0 Å². The molecule has 0 spiro atoms. The summed E-state index contributed by atoms with van der Waals surface area (Å²) < 4.78 is 2.05. The zero-order chi connectivity index (χ0) is 13.6. The average Bonchev–Trinajstić information content (AvgIpc) is 2.93. The second-order valence-electron chi connectivity index (χ2n) is 4.70. The van der Waals surface area contributed by atoms with Crippen molar-refractivity contribution in [1.82, 2.24) is 14.6 Å². The minimum Gasteiger partial charge on any atom is -0.399 e. The molecule has 0 aliphatic heterocycles. The minimum absolute atomic E-state index is 0.392. The molecule has 0 unspecified atom stereocenters. The van der Waals surface area contributed by atoms with Gasteiger partial charge in [-0.25, -0.2) is 0 Å². The monoisotopic (exact) mass is 292 g/mol. The molecule has 2 N–H and O–H groups in total. The average molecular weight is 293 g/mol. The molecule has 0 bridgehead atoms. The van der Waals surface area contributed by atoms with E-state index >= 15 is 0 Å². The first-order chi connectivity index (χ1) is 9.08. The number of hydrogen-bond acceptors (Lipinski definition) is 4. The van der Waals surface area contributed by atoms with Crippen LogP contribution in [0.1, 0.15) is 25.5 Å². The number of anilines is 1. The van der Waals surface area contributed by atoms with E-state index in [1.807, 2.05) is 6.07 Å². The Morgan fingerprint density at radius 3 is 2.84 bits per heavy atom. The lowest BCUT2D eigenvalue weighted by atomic mass is 10.1. The summed E-state index contributed by atoms with van der Waals surface area (Å²) in [4.78, 5) is 0.872. The maximum atomic E-state index is 6.25. The van der Waals surface area contributed by atoms with Crippen LogP contribution in [0, 0.1) is 0 Å². The van der Waals surface area contributed by atoms with E-state index in [1.165, 1.54) is 5.69 Å². The Hall–Kier alpha value is -1.59. The second kappa shape index (κ2) is 4.51. The number of hydrogen-bond donors (Lipinski definition) is 1. The highest BCUT2D eigenvalue weighted by Crippen LogP contribution is 2.32. The van der Waals surface area contributed by atoms with Crippen LogP contribution >= 0.6 is 22.9 Å². The number of rotatable bonds is 2. The van der Waals surface area contributed by atoms with Gasteiger partial charge in [0.25, 0.3) is 0 Å². The Morgan fingerprint density at radius 2 is 2.11 bits per heavy atom. The van der Waals surface area contributed by atoms with Gasteiger partial charge in [0.15, 0.2) is 5.82 Å². The Balaban J connectivity index is 2.30. The summed E-state index contributed by atoms with van der Waals surface area (Å²) in [5, 5.41) is 11.2. The number of nitrogens with zero attached hydrogens (tertiary/aromatic N) is 3. The molecule has 0 aliphatic carbocycles. The lowest BCUT2D eigenvalue weighted by molar-refractivity contribution is 0.811. The van der Waals surface area contributed by atoms with Crippen molar-refractivity contribution in [3.05, 3.63) is 34.3 Å². The van der Waals surface area contributed by atoms with Gasteiger partial charge in [0.2, 0.25) is 4.96 Å². The molecule has 0 atom stereocenters. The van der Waals surface area contributed by atoms with Crippen molar-refractivity contribution in [2.75, 3.05) is 5.73 Å². The summed E-state index contributed by atoms with van der Waals surface area (Å²) in [6.45, 7) is 4.29. The van der Waals surface area contributed by atoms with Gasteiger partial charge < -0.3 is 5.73 Å². The number of fused-ring (bicyclic) bond motifs is 1. The van der Waals surface area contributed by atoms with Gasteiger partial charge in [0.05, 0.1) is 5.02 Å². The van der Waals surface area contributed by atoms with E-state index < -0.39 is 0 Å². The number of halogens is 1. The van der Waals surface area contributed by atoms with Crippen LogP contribution in [0.3, 0.4) is 0 Å². The molecule has 98 valence electrons. The number of nitrogens with two attached hydrogens (primary N) is 1. The second-order valence-corrected chi connectivity index (χ2v) is 5.94. The minimum atomic E-state index is 0.392. The predicted molar refractivity (Wildman–Crippen MR) is 79.8 cm³/mol. The third kappa shape index (κ3) is 1.99. The molecule has 19 heavy (non-hydrogen) atoms. The highest BCUT2D eigenvalue weighted by molar-refractivity contribution is 7.15. The number of thiazole rings is 1. The molecule has 0 saturated carbocycles. The standard InChI is InChI=1S/C13H13ClN4S/c1-7(2)11-6-19-13-17-16-12(18(11)13)9-5-8(15)3-4-10(9)14/h3-7H,15H2,1-2H3. The maximum absolute atomic E-state index is 6.25. The third-order valence-electron chi connectivity index (χ3n) is 3.00. The van der Waals surface area contributed by atoms with Crippen LogP contribution in [0.25, 0.3) is 16.3 Å².